The summed E-state index contributed by atoms with van der Waals surface area (Å²) in [5, 5.41) is 9.53. The minimum Gasteiger partial charge on any atom is -0.358 e. The van der Waals surface area contributed by atoms with Crippen LogP contribution < -0.4 is 0 Å². The van der Waals surface area contributed by atoms with E-state index >= 15 is 0 Å². The Balaban J connectivity index is 2.29. The van der Waals surface area contributed by atoms with Gasteiger partial charge in [-0.2, -0.15) is 4.89 Å². The van der Waals surface area contributed by atoms with E-state index in [1.165, 1.54) is 0 Å². The van der Waals surface area contributed by atoms with Crippen LogP contribution in [-0.2, 0) is 15.6 Å². The Bertz CT molecular complexity index is 241. The molecule has 1 aliphatic rings. The first-order valence-corrected chi connectivity index (χ1v) is 3.40. The third kappa shape index (κ3) is 1.03. The van der Waals surface area contributed by atoms with Crippen molar-refractivity contribution in [2.24, 2.45) is 0 Å². The van der Waals surface area contributed by atoms with Gasteiger partial charge in [0.05, 0.1) is 0 Å². The molecule has 2 rings (SSSR count). The predicted molar refractivity (Wildman–Crippen MR) is 37.4 cm³/mol. The first-order chi connectivity index (χ1) is 5.31. The number of hydrogen-bond donors (Lipinski definition) is 1. The van der Waals surface area contributed by atoms with Crippen LogP contribution in [0.5, 0.6) is 0 Å². The maximum Gasteiger partial charge on any atom is 0.252 e. The van der Waals surface area contributed by atoms with E-state index in [0.717, 1.165) is 5.56 Å². The van der Waals surface area contributed by atoms with Gasteiger partial charge in [-0.1, -0.05) is 30.3 Å². The summed E-state index contributed by atoms with van der Waals surface area (Å²) < 4.78 is 0. The van der Waals surface area contributed by atoms with Crippen molar-refractivity contribution < 1.29 is 14.9 Å². The molecule has 1 fully saturated rings. The zero-order valence-electron chi connectivity index (χ0n) is 5.86. The number of benzene rings is 1. The Morgan fingerprint density at radius 1 is 1.27 bits per heavy atom. The van der Waals surface area contributed by atoms with Gasteiger partial charge >= 0.3 is 0 Å². The Labute approximate surface area is 64.1 Å². The van der Waals surface area contributed by atoms with E-state index in [9.17, 15) is 5.11 Å². The van der Waals surface area contributed by atoms with Gasteiger partial charge in [-0.3, -0.25) is 0 Å². The summed E-state index contributed by atoms with van der Waals surface area (Å²) in [7, 11) is 0. The average molecular weight is 152 g/mol. The zero-order chi connectivity index (χ0) is 7.73. The summed E-state index contributed by atoms with van der Waals surface area (Å²) in [6, 6.07) is 9.15. The first kappa shape index (κ1) is 6.79. The molecule has 0 saturated carbocycles. The Hall–Kier alpha value is -0.900. The predicted octanol–water partition coefficient (Wildman–Crippen LogP) is 0.793. The fourth-order valence-electron chi connectivity index (χ4n) is 1.00. The summed E-state index contributed by atoms with van der Waals surface area (Å²) in [6.45, 7) is 0.205. The van der Waals surface area contributed by atoms with Crippen LogP contribution in [0.25, 0.3) is 0 Å². The largest absolute Gasteiger partial charge is 0.358 e. The van der Waals surface area contributed by atoms with E-state index in [0.29, 0.717) is 0 Å². The van der Waals surface area contributed by atoms with E-state index < -0.39 is 5.79 Å². The molecule has 11 heavy (non-hydrogen) atoms. The molecule has 3 heteroatoms. The number of aliphatic hydroxyl groups is 1. The van der Waals surface area contributed by atoms with Gasteiger partial charge in [-0.05, 0) is 0 Å². The van der Waals surface area contributed by atoms with Crippen LogP contribution in [0.2, 0.25) is 0 Å². The molecule has 1 heterocycles. The summed E-state index contributed by atoms with van der Waals surface area (Å²) in [6.07, 6.45) is 0. The molecule has 1 atom stereocenters. The van der Waals surface area contributed by atoms with E-state index in [1.54, 1.807) is 12.1 Å². The quantitative estimate of drug-likeness (QED) is 0.605. The third-order valence-electron chi connectivity index (χ3n) is 1.68. The molecule has 0 amide bonds. The van der Waals surface area contributed by atoms with Gasteiger partial charge in [-0.25, -0.2) is 4.89 Å². The lowest BCUT2D eigenvalue weighted by Crippen LogP contribution is -2.44. The van der Waals surface area contributed by atoms with Gasteiger partial charge in [0.25, 0.3) is 5.79 Å². The average Bonchev–Trinajstić information content (AvgIpc) is 2.02. The van der Waals surface area contributed by atoms with Crippen LogP contribution in [-0.4, -0.2) is 11.7 Å². The molecule has 1 aromatic carbocycles. The molecule has 0 radical (unpaired) electrons. The molecule has 0 aromatic heterocycles. The molecule has 3 nitrogen and oxygen atoms in total. The van der Waals surface area contributed by atoms with Crippen molar-refractivity contribution in [1.29, 1.82) is 0 Å². The minimum atomic E-state index is -1.21. The lowest BCUT2D eigenvalue weighted by molar-refractivity contribution is -0.540. The second-order valence-electron chi connectivity index (χ2n) is 2.50. The molecule has 1 N–H and O–H groups in total. The van der Waals surface area contributed by atoms with Gasteiger partial charge in [0.15, 0.2) is 0 Å². The molecule has 1 unspecified atom stereocenters. The summed E-state index contributed by atoms with van der Waals surface area (Å²) in [5.41, 5.74) is 0.728. The highest BCUT2D eigenvalue weighted by Gasteiger charge is 2.40. The molecule has 0 spiro atoms. The summed E-state index contributed by atoms with van der Waals surface area (Å²) in [5.74, 6) is -1.21. The van der Waals surface area contributed by atoms with Crippen molar-refractivity contribution in [2.45, 2.75) is 5.79 Å². The molecule has 1 saturated heterocycles. The molecule has 0 bridgehead atoms. The molecule has 0 aliphatic carbocycles. The second kappa shape index (κ2) is 2.30. The van der Waals surface area contributed by atoms with Crippen molar-refractivity contribution in [1.82, 2.24) is 0 Å². The number of hydrogen-bond acceptors (Lipinski definition) is 3. The number of rotatable bonds is 1. The standard InChI is InChI=1S/C8H8O3/c9-8(6-10-11-8)7-4-2-1-3-5-7/h1-5,9H,6H2. The third-order valence-corrected chi connectivity index (χ3v) is 1.68. The van der Waals surface area contributed by atoms with Crippen molar-refractivity contribution in [3.63, 3.8) is 0 Å². The SMILES string of the molecule is OC1(c2ccccc2)COO1. The highest BCUT2D eigenvalue weighted by molar-refractivity contribution is 5.20. The van der Waals surface area contributed by atoms with Crippen molar-refractivity contribution in [3.05, 3.63) is 35.9 Å². The van der Waals surface area contributed by atoms with Crippen LogP contribution in [0.4, 0.5) is 0 Å². The maximum absolute atomic E-state index is 9.53. The van der Waals surface area contributed by atoms with Crippen molar-refractivity contribution in [3.8, 4) is 0 Å². The fourth-order valence-corrected chi connectivity index (χ4v) is 1.00. The first-order valence-electron chi connectivity index (χ1n) is 3.40. The lowest BCUT2D eigenvalue weighted by atomic mass is 10.1. The second-order valence-corrected chi connectivity index (χ2v) is 2.50. The summed E-state index contributed by atoms with van der Waals surface area (Å²) >= 11 is 0. The summed E-state index contributed by atoms with van der Waals surface area (Å²) in [4.78, 5) is 9.00. The van der Waals surface area contributed by atoms with Gasteiger partial charge in [0.2, 0.25) is 0 Å². The maximum atomic E-state index is 9.53. The van der Waals surface area contributed by atoms with E-state index in [-0.39, 0.29) is 6.61 Å². The molecule has 1 aromatic rings. The molecule has 58 valence electrons. The Morgan fingerprint density at radius 3 is 2.36 bits per heavy atom. The molecular weight excluding hydrogens is 144 g/mol. The fraction of sp³-hybridized carbons (Fsp3) is 0.250. The van der Waals surface area contributed by atoms with E-state index in [2.05, 4.69) is 9.78 Å². The van der Waals surface area contributed by atoms with Crippen LogP contribution in [0, 0.1) is 0 Å². The van der Waals surface area contributed by atoms with Crippen LogP contribution in [0.1, 0.15) is 5.56 Å². The lowest BCUT2D eigenvalue weighted by Gasteiger charge is -2.34. The highest BCUT2D eigenvalue weighted by Crippen LogP contribution is 2.30. The van der Waals surface area contributed by atoms with Gasteiger partial charge in [0, 0.05) is 5.56 Å². The zero-order valence-corrected chi connectivity index (χ0v) is 5.86. The minimum absolute atomic E-state index is 0.205. The van der Waals surface area contributed by atoms with E-state index in [4.69, 9.17) is 0 Å². The highest BCUT2D eigenvalue weighted by atomic mass is 17.3. The van der Waals surface area contributed by atoms with Gasteiger partial charge in [0.1, 0.15) is 6.61 Å². The van der Waals surface area contributed by atoms with Crippen molar-refractivity contribution >= 4 is 0 Å². The Morgan fingerprint density at radius 2 is 1.91 bits per heavy atom. The van der Waals surface area contributed by atoms with E-state index in [1.807, 2.05) is 18.2 Å². The van der Waals surface area contributed by atoms with Crippen LogP contribution >= 0.6 is 0 Å². The Kier molecular flexibility index (Phi) is 1.42. The van der Waals surface area contributed by atoms with Crippen LogP contribution in [0.3, 0.4) is 0 Å². The normalized spacial score (nSPS) is 29.5. The topological polar surface area (TPSA) is 38.7 Å². The van der Waals surface area contributed by atoms with Gasteiger partial charge < -0.3 is 5.11 Å². The monoisotopic (exact) mass is 152 g/mol. The van der Waals surface area contributed by atoms with Crippen molar-refractivity contribution in [2.75, 3.05) is 6.61 Å². The molecule has 1 aliphatic heterocycles. The smallest absolute Gasteiger partial charge is 0.252 e. The van der Waals surface area contributed by atoms with Gasteiger partial charge in [-0.15, -0.1) is 0 Å². The molecular formula is C8H8O3. The van der Waals surface area contributed by atoms with Crippen LogP contribution in [0.15, 0.2) is 30.3 Å².